The third-order valence-corrected chi connectivity index (χ3v) is 4.13. The fraction of sp³-hybridized carbons (Fsp3) is 0.471. The van der Waals surface area contributed by atoms with E-state index in [0.29, 0.717) is 0 Å². The Balaban J connectivity index is 2.37. The minimum Gasteiger partial charge on any atom is -0.481 e. The molecule has 2 nitrogen and oxygen atoms in total. The van der Waals surface area contributed by atoms with E-state index in [1.807, 2.05) is 6.08 Å². The van der Waals surface area contributed by atoms with Gasteiger partial charge in [-0.1, -0.05) is 31.0 Å². The van der Waals surface area contributed by atoms with Crippen molar-refractivity contribution in [2.45, 2.75) is 51.9 Å². The Labute approximate surface area is 125 Å². The number of aryl methyl sites for hydroxylation is 2. The molecule has 20 heavy (non-hydrogen) atoms. The minimum atomic E-state index is -0.798. The second kappa shape index (κ2) is 6.94. The van der Waals surface area contributed by atoms with Crippen LogP contribution in [-0.4, -0.2) is 11.1 Å². The van der Waals surface area contributed by atoms with E-state index in [4.69, 9.17) is 16.7 Å². The van der Waals surface area contributed by atoms with Crippen LogP contribution in [-0.2, 0) is 17.6 Å². The van der Waals surface area contributed by atoms with Gasteiger partial charge in [0.1, 0.15) is 0 Å². The Morgan fingerprint density at radius 3 is 2.55 bits per heavy atom. The standard InChI is InChI=1S/C17H21ClO2/c1-2-5-12(8-9-17(19)20)15-10-13-6-3-4-7-14(13)11-16(15)18/h8,10-11H,2-7,9H2,1H3,(H,19,20)/b12-8+. The monoisotopic (exact) mass is 292 g/mol. The highest BCUT2D eigenvalue weighted by Crippen LogP contribution is 2.33. The molecule has 1 N–H and O–H groups in total. The van der Waals surface area contributed by atoms with E-state index < -0.39 is 5.97 Å². The molecule has 0 unspecified atom stereocenters. The van der Waals surface area contributed by atoms with E-state index >= 15 is 0 Å². The van der Waals surface area contributed by atoms with Crippen molar-refractivity contribution < 1.29 is 9.90 Å². The molecule has 0 saturated carbocycles. The molecule has 108 valence electrons. The Morgan fingerprint density at radius 1 is 1.30 bits per heavy atom. The average molecular weight is 293 g/mol. The number of hydrogen-bond donors (Lipinski definition) is 1. The zero-order chi connectivity index (χ0) is 14.5. The molecule has 0 aliphatic heterocycles. The van der Waals surface area contributed by atoms with Gasteiger partial charge in [0, 0.05) is 5.02 Å². The number of aliphatic carboxylic acids is 1. The van der Waals surface area contributed by atoms with Gasteiger partial charge in [-0.2, -0.15) is 0 Å². The first-order valence-electron chi connectivity index (χ1n) is 7.34. The second-order valence-electron chi connectivity index (χ2n) is 5.39. The summed E-state index contributed by atoms with van der Waals surface area (Å²) in [6.45, 7) is 2.10. The summed E-state index contributed by atoms with van der Waals surface area (Å²) in [4.78, 5) is 10.8. The van der Waals surface area contributed by atoms with E-state index in [0.717, 1.165) is 41.8 Å². The van der Waals surface area contributed by atoms with Crippen LogP contribution in [0.5, 0.6) is 0 Å². The normalized spacial score (nSPS) is 15.0. The quantitative estimate of drug-likeness (QED) is 0.840. The zero-order valence-electron chi connectivity index (χ0n) is 11.9. The molecule has 0 atom stereocenters. The van der Waals surface area contributed by atoms with Gasteiger partial charge in [-0.3, -0.25) is 4.79 Å². The van der Waals surface area contributed by atoms with Crippen LogP contribution >= 0.6 is 11.6 Å². The van der Waals surface area contributed by atoms with Crippen molar-refractivity contribution in [1.29, 1.82) is 0 Å². The van der Waals surface area contributed by atoms with Crippen LogP contribution in [0.4, 0.5) is 0 Å². The number of benzene rings is 1. The predicted octanol–water partition coefficient (Wildman–Crippen LogP) is 4.88. The molecular weight excluding hydrogens is 272 g/mol. The predicted molar refractivity (Wildman–Crippen MR) is 83.2 cm³/mol. The Morgan fingerprint density at radius 2 is 1.95 bits per heavy atom. The van der Waals surface area contributed by atoms with E-state index in [-0.39, 0.29) is 6.42 Å². The van der Waals surface area contributed by atoms with Crippen molar-refractivity contribution >= 4 is 23.1 Å². The summed E-state index contributed by atoms with van der Waals surface area (Å²) in [7, 11) is 0. The number of carboxylic acids is 1. The number of hydrogen-bond acceptors (Lipinski definition) is 1. The highest BCUT2D eigenvalue weighted by molar-refractivity contribution is 6.32. The fourth-order valence-corrected chi connectivity index (χ4v) is 3.14. The lowest BCUT2D eigenvalue weighted by molar-refractivity contribution is -0.135. The second-order valence-corrected chi connectivity index (χ2v) is 5.79. The van der Waals surface area contributed by atoms with Gasteiger partial charge in [0.2, 0.25) is 0 Å². The molecule has 0 heterocycles. The lowest BCUT2D eigenvalue weighted by atomic mass is 9.88. The molecule has 0 aromatic heterocycles. The summed E-state index contributed by atoms with van der Waals surface area (Å²) in [5.41, 5.74) is 4.83. The highest BCUT2D eigenvalue weighted by Gasteiger charge is 2.14. The molecule has 0 spiro atoms. The third kappa shape index (κ3) is 3.63. The van der Waals surface area contributed by atoms with Gasteiger partial charge in [0.15, 0.2) is 0 Å². The van der Waals surface area contributed by atoms with Gasteiger partial charge in [-0.25, -0.2) is 0 Å². The first kappa shape index (κ1) is 15.1. The Kier molecular flexibility index (Phi) is 5.24. The van der Waals surface area contributed by atoms with E-state index in [9.17, 15) is 4.79 Å². The third-order valence-electron chi connectivity index (χ3n) is 3.82. The summed E-state index contributed by atoms with van der Waals surface area (Å²) in [6.07, 6.45) is 8.40. The summed E-state index contributed by atoms with van der Waals surface area (Å²) >= 11 is 6.42. The SMILES string of the molecule is CCC/C(=C\CC(=O)O)c1cc2c(cc1Cl)CCCC2. The van der Waals surface area contributed by atoms with Crippen LogP contribution in [0.15, 0.2) is 18.2 Å². The molecule has 2 rings (SSSR count). The van der Waals surface area contributed by atoms with Gasteiger partial charge >= 0.3 is 5.97 Å². The van der Waals surface area contributed by atoms with Gasteiger partial charge in [-0.05, 0) is 66.5 Å². The summed E-state index contributed by atoms with van der Waals surface area (Å²) in [5, 5.41) is 9.62. The average Bonchev–Trinajstić information content (AvgIpc) is 2.42. The lowest BCUT2D eigenvalue weighted by Gasteiger charge is -2.19. The van der Waals surface area contributed by atoms with Gasteiger partial charge in [0.05, 0.1) is 6.42 Å². The molecule has 0 bridgehead atoms. The van der Waals surface area contributed by atoms with Crippen molar-refractivity contribution in [1.82, 2.24) is 0 Å². The molecular formula is C17H21ClO2. The molecule has 0 amide bonds. The minimum absolute atomic E-state index is 0.0583. The maximum Gasteiger partial charge on any atom is 0.307 e. The molecule has 0 saturated heterocycles. The summed E-state index contributed by atoms with van der Waals surface area (Å²) in [5.74, 6) is -0.798. The number of fused-ring (bicyclic) bond motifs is 1. The van der Waals surface area contributed by atoms with Crippen LogP contribution in [0.3, 0.4) is 0 Å². The van der Waals surface area contributed by atoms with Gasteiger partial charge in [-0.15, -0.1) is 0 Å². The number of rotatable bonds is 5. The number of halogens is 1. The van der Waals surface area contributed by atoms with E-state index in [2.05, 4.69) is 19.1 Å². The molecule has 1 aliphatic rings. The molecule has 3 heteroatoms. The number of carboxylic acid groups (broad SMARTS) is 1. The van der Waals surface area contributed by atoms with E-state index in [1.54, 1.807) is 0 Å². The first-order valence-corrected chi connectivity index (χ1v) is 7.72. The van der Waals surface area contributed by atoms with Crippen molar-refractivity contribution in [3.05, 3.63) is 39.9 Å². The molecule has 1 aromatic rings. The smallest absolute Gasteiger partial charge is 0.307 e. The van der Waals surface area contributed by atoms with Crippen LogP contribution in [0.1, 0.15) is 55.7 Å². The van der Waals surface area contributed by atoms with Crippen molar-refractivity contribution in [2.75, 3.05) is 0 Å². The Bertz CT molecular complexity index is 532. The topological polar surface area (TPSA) is 37.3 Å². The fourth-order valence-electron chi connectivity index (χ4n) is 2.83. The maximum atomic E-state index is 10.8. The Hall–Kier alpha value is -1.28. The molecule has 1 aliphatic carbocycles. The summed E-state index contributed by atoms with van der Waals surface area (Å²) < 4.78 is 0. The number of carbonyl (C=O) groups is 1. The number of allylic oxidation sites excluding steroid dienone is 1. The van der Waals surface area contributed by atoms with Crippen LogP contribution in [0, 0.1) is 0 Å². The van der Waals surface area contributed by atoms with Crippen molar-refractivity contribution in [2.24, 2.45) is 0 Å². The van der Waals surface area contributed by atoms with Gasteiger partial charge < -0.3 is 5.11 Å². The van der Waals surface area contributed by atoms with Crippen molar-refractivity contribution in [3.63, 3.8) is 0 Å². The van der Waals surface area contributed by atoms with Crippen LogP contribution in [0.25, 0.3) is 5.57 Å². The largest absolute Gasteiger partial charge is 0.481 e. The molecule has 0 fully saturated rings. The van der Waals surface area contributed by atoms with E-state index in [1.165, 1.54) is 24.0 Å². The maximum absolute atomic E-state index is 10.8. The van der Waals surface area contributed by atoms with Crippen molar-refractivity contribution in [3.8, 4) is 0 Å². The molecule has 0 radical (unpaired) electrons. The lowest BCUT2D eigenvalue weighted by Crippen LogP contribution is -2.04. The summed E-state index contributed by atoms with van der Waals surface area (Å²) in [6, 6.07) is 4.26. The van der Waals surface area contributed by atoms with Crippen LogP contribution in [0.2, 0.25) is 5.02 Å². The first-order chi connectivity index (χ1) is 9.61. The highest BCUT2D eigenvalue weighted by atomic mass is 35.5. The van der Waals surface area contributed by atoms with Crippen LogP contribution < -0.4 is 0 Å². The molecule has 1 aromatic carbocycles. The van der Waals surface area contributed by atoms with Gasteiger partial charge in [0.25, 0.3) is 0 Å². The zero-order valence-corrected chi connectivity index (χ0v) is 12.7.